The molecule has 31 heavy (non-hydrogen) atoms. The van der Waals surface area contributed by atoms with Crippen LogP contribution in [0.1, 0.15) is 37.7 Å². The number of thioether (sulfide) groups is 2. The quantitative estimate of drug-likeness (QED) is 0.451. The summed E-state index contributed by atoms with van der Waals surface area (Å²) in [6.45, 7) is 2.06. The number of aryl methyl sites for hydroxylation is 1. The minimum absolute atomic E-state index is 0.00309. The van der Waals surface area contributed by atoms with E-state index in [2.05, 4.69) is 11.8 Å². The first-order valence-electron chi connectivity index (χ1n) is 10.6. The first-order valence-corrected chi connectivity index (χ1v) is 12.6. The first-order chi connectivity index (χ1) is 15.0. The van der Waals surface area contributed by atoms with Gasteiger partial charge in [-0.1, -0.05) is 60.3 Å². The van der Waals surface area contributed by atoms with Gasteiger partial charge in [0.2, 0.25) is 0 Å². The molecule has 160 valence electrons. The third kappa shape index (κ3) is 4.01. The van der Waals surface area contributed by atoms with Crippen molar-refractivity contribution in [3.63, 3.8) is 0 Å². The van der Waals surface area contributed by atoms with Crippen LogP contribution in [0.15, 0.2) is 62.3 Å². The summed E-state index contributed by atoms with van der Waals surface area (Å²) in [5.41, 5.74) is 3.08. The smallest absolute Gasteiger partial charge is 0.274 e. The largest absolute Gasteiger partial charge is 0.337 e. The zero-order chi connectivity index (χ0) is 21.5. The number of fused-ring (bicyclic) bond motifs is 1. The van der Waals surface area contributed by atoms with E-state index in [9.17, 15) is 4.79 Å². The molecule has 0 aromatic heterocycles. The predicted octanol–water partition coefficient (Wildman–Crippen LogP) is 6.83. The van der Waals surface area contributed by atoms with Gasteiger partial charge in [-0.05, 0) is 61.9 Å². The highest BCUT2D eigenvalue weighted by Crippen LogP contribution is 2.51. The average Bonchev–Trinajstić information content (AvgIpc) is 3.26. The number of aliphatic imine (C=N–C) groups is 1. The summed E-state index contributed by atoms with van der Waals surface area (Å²) in [6, 6.07) is 14.3. The van der Waals surface area contributed by atoms with Crippen molar-refractivity contribution in [2.45, 2.75) is 50.0 Å². The zero-order valence-corrected chi connectivity index (χ0v) is 20.0. The van der Waals surface area contributed by atoms with Crippen LogP contribution in [0.4, 0.5) is 11.4 Å². The lowest BCUT2D eigenvalue weighted by atomic mass is 9.96. The van der Waals surface area contributed by atoms with Gasteiger partial charge in [-0.3, -0.25) is 14.7 Å². The predicted molar refractivity (Wildman–Crippen MR) is 133 cm³/mol. The molecule has 2 aromatic carbocycles. The molecule has 0 spiro atoms. The molecule has 0 unspecified atom stereocenters. The van der Waals surface area contributed by atoms with Crippen LogP contribution in [-0.2, 0) is 4.79 Å². The number of halogens is 1. The van der Waals surface area contributed by atoms with Crippen molar-refractivity contribution >= 4 is 57.6 Å². The fourth-order valence-corrected chi connectivity index (χ4v) is 6.74. The highest BCUT2D eigenvalue weighted by atomic mass is 35.5. The molecule has 1 amide bonds. The SMILES string of the molecule is Cc1ccc(N2C(=O)C(=C3Sc4ccc(Cl)cc4N3C)SC2=NC2CCCCC2)cc1. The van der Waals surface area contributed by atoms with Gasteiger partial charge >= 0.3 is 0 Å². The Morgan fingerprint density at radius 3 is 2.52 bits per heavy atom. The van der Waals surface area contributed by atoms with Crippen LogP contribution >= 0.6 is 35.1 Å². The molecule has 0 radical (unpaired) electrons. The second-order valence-corrected chi connectivity index (χ2v) is 10.6. The Hall–Kier alpha value is -1.89. The number of hydrogen-bond acceptors (Lipinski definition) is 5. The molecule has 0 atom stereocenters. The summed E-state index contributed by atoms with van der Waals surface area (Å²) in [7, 11) is 2.00. The number of nitrogens with zero attached hydrogens (tertiary/aromatic N) is 3. The molecule has 7 heteroatoms. The lowest BCUT2D eigenvalue weighted by Crippen LogP contribution is -2.30. The Morgan fingerprint density at radius 2 is 1.77 bits per heavy atom. The van der Waals surface area contributed by atoms with Gasteiger partial charge in [0, 0.05) is 17.0 Å². The summed E-state index contributed by atoms with van der Waals surface area (Å²) >= 11 is 9.35. The second kappa shape index (κ2) is 8.57. The molecule has 2 fully saturated rings. The van der Waals surface area contributed by atoms with E-state index in [4.69, 9.17) is 16.6 Å². The molecular formula is C24H24ClN3OS2. The average molecular weight is 470 g/mol. The van der Waals surface area contributed by atoms with Gasteiger partial charge < -0.3 is 4.90 Å². The Bertz CT molecular complexity index is 1090. The first kappa shape index (κ1) is 21.0. The molecule has 4 nitrogen and oxygen atoms in total. The molecule has 2 aliphatic heterocycles. The van der Waals surface area contributed by atoms with Crippen LogP contribution in [0.5, 0.6) is 0 Å². The maximum absolute atomic E-state index is 13.7. The number of carbonyl (C=O) groups excluding carboxylic acids is 1. The monoisotopic (exact) mass is 469 g/mol. The van der Waals surface area contributed by atoms with Crippen molar-refractivity contribution in [2.24, 2.45) is 4.99 Å². The minimum Gasteiger partial charge on any atom is -0.337 e. The summed E-state index contributed by atoms with van der Waals surface area (Å²) in [4.78, 5) is 24.5. The van der Waals surface area contributed by atoms with E-state index < -0.39 is 0 Å². The molecule has 0 bridgehead atoms. The standard InChI is InChI=1S/C24H24ClN3OS2/c1-15-8-11-18(12-9-15)28-22(29)21(31-24(28)26-17-6-4-3-5-7-17)23-27(2)19-14-16(25)10-13-20(19)30-23/h8-14,17H,3-7H2,1-2H3. The van der Waals surface area contributed by atoms with Crippen molar-refractivity contribution < 1.29 is 4.79 Å². The summed E-state index contributed by atoms with van der Waals surface area (Å²) in [5.74, 6) is -0.00309. The van der Waals surface area contributed by atoms with Crippen molar-refractivity contribution in [3.05, 3.63) is 63.0 Å². The van der Waals surface area contributed by atoms with Crippen LogP contribution in [0, 0.1) is 6.92 Å². The number of benzene rings is 2. The van der Waals surface area contributed by atoms with Crippen LogP contribution in [0.25, 0.3) is 0 Å². The number of amides is 1. The zero-order valence-electron chi connectivity index (χ0n) is 17.6. The number of carbonyl (C=O) groups is 1. The van der Waals surface area contributed by atoms with E-state index in [1.807, 2.05) is 49.5 Å². The van der Waals surface area contributed by atoms with Gasteiger partial charge in [-0.15, -0.1) is 0 Å². The normalized spacial score (nSPS) is 23.2. The van der Waals surface area contributed by atoms with Gasteiger partial charge in [0.25, 0.3) is 5.91 Å². The fourth-order valence-electron chi connectivity index (χ4n) is 4.20. The maximum atomic E-state index is 13.7. The van der Waals surface area contributed by atoms with Crippen molar-refractivity contribution in [1.29, 1.82) is 0 Å². The van der Waals surface area contributed by atoms with E-state index in [1.54, 1.807) is 16.7 Å². The highest BCUT2D eigenvalue weighted by molar-refractivity contribution is 8.20. The van der Waals surface area contributed by atoms with Crippen molar-refractivity contribution in [2.75, 3.05) is 16.8 Å². The van der Waals surface area contributed by atoms with Crippen LogP contribution in [0.2, 0.25) is 5.02 Å². The number of rotatable bonds is 2. The molecule has 1 aliphatic carbocycles. The van der Waals surface area contributed by atoms with Crippen molar-refractivity contribution in [1.82, 2.24) is 0 Å². The third-order valence-electron chi connectivity index (χ3n) is 5.93. The van der Waals surface area contributed by atoms with E-state index >= 15 is 0 Å². The van der Waals surface area contributed by atoms with E-state index in [0.29, 0.717) is 11.1 Å². The van der Waals surface area contributed by atoms with Crippen LogP contribution in [0.3, 0.4) is 0 Å². The Balaban J connectivity index is 1.56. The van der Waals surface area contributed by atoms with Gasteiger partial charge in [-0.2, -0.15) is 0 Å². The van der Waals surface area contributed by atoms with Gasteiger partial charge in [0.1, 0.15) is 4.91 Å². The van der Waals surface area contributed by atoms with E-state index in [0.717, 1.165) is 44.2 Å². The van der Waals surface area contributed by atoms with Crippen LogP contribution < -0.4 is 9.80 Å². The maximum Gasteiger partial charge on any atom is 0.274 e. The van der Waals surface area contributed by atoms with Crippen molar-refractivity contribution in [3.8, 4) is 0 Å². The molecule has 2 aromatic rings. The molecular weight excluding hydrogens is 446 g/mol. The molecule has 1 saturated heterocycles. The number of amidine groups is 1. The highest BCUT2D eigenvalue weighted by Gasteiger charge is 2.40. The Kier molecular flexibility index (Phi) is 5.80. The van der Waals surface area contributed by atoms with E-state index in [1.165, 1.54) is 36.6 Å². The molecule has 2 heterocycles. The lowest BCUT2D eigenvalue weighted by molar-refractivity contribution is -0.113. The molecule has 0 N–H and O–H groups in total. The molecule has 1 saturated carbocycles. The number of hydrogen-bond donors (Lipinski definition) is 0. The van der Waals surface area contributed by atoms with E-state index in [-0.39, 0.29) is 5.91 Å². The number of anilines is 2. The summed E-state index contributed by atoms with van der Waals surface area (Å²) in [5, 5.41) is 2.44. The Morgan fingerprint density at radius 1 is 1.03 bits per heavy atom. The summed E-state index contributed by atoms with van der Waals surface area (Å²) in [6.07, 6.45) is 5.92. The fraction of sp³-hybridized carbons (Fsp3) is 0.333. The second-order valence-electron chi connectivity index (χ2n) is 8.19. The minimum atomic E-state index is -0.00309. The molecule has 5 rings (SSSR count). The summed E-state index contributed by atoms with van der Waals surface area (Å²) < 4.78 is 0. The van der Waals surface area contributed by atoms with Crippen LogP contribution in [-0.4, -0.2) is 24.2 Å². The topological polar surface area (TPSA) is 35.9 Å². The Labute approximate surface area is 196 Å². The van der Waals surface area contributed by atoms with Gasteiger partial charge in [0.05, 0.1) is 22.4 Å². The third-order valence-corrected chi connectivity index (χ3v) is 8.57. The van der Waals surface area contributed by atoms with Gasteiger partial charge in [-0.25, -0.2) is 0 Å². The van der Waals surface area contributed by atoms with Gasteiger partial charge in [0.15, 0.2) is 5.17 Å². The molecule has 3 aliphatic rings. The lowest BCUT2D eigenvalue weighted by Gasteiger charge is -2.21.